The first-order valence-electron chi connectivity index (χ1n) is 7.04. The maximum Gasteiger partial charge on any atom is 0.328 e. The molecule has 0 aliphatic carbocycles. The molecule has 0 aliphatic rings. The van der Waals surface area contributed by atoms with Crippen molar-refractivity contribution >= 4 is 11.9 Å². The molecule has 0 saturated carbocycles. The molecule has 0 heterocycles. The van der Waals surface area contributed by atoms with Gasteiger partial charge in [0.25, 0.3) is 0 Å². The van der Waals surface area contributed by atoms with E-state index in [1.54, 1.807) is 0 Å². The SMILES string of the molecule is COC(=O)[C@H](Cc1ccccc1)NC(=O)[C@H](O)CC(C)C. The molecule has 2 atom stereocenters. The standard InChI is InChI=1S/C16H23NO4/c1-11(2)9-14(18)15(19)17-13(16(20)21-3)10-12-7-5-4-6-8-12/h4-8,11,13-14,18H,9-10H2,1-3H3,(H,17,19)/t13-,14+/m0/s1. The zero-order valence-electron chi connectivity index (χ0n) is 12.7. The van der Waals surface area contributed by atoms with Gasteiger partial charge in [0.05, 0.1) is 7.11 Å². The third-order valence-electron chi connectivity index (χ3n) is 3.08. The summed E-state index contributed by atoms with van der Waals surface area (Å²) in [5.41, 5.74) is 0.909. The summed E-state index contributed by atoms with van der Waals surface area (Å²) in [7, 11) is 1.27. The maximum absolute atomic E-state index is 11.9. The molecular weight excluding hydrogens is 270 g/mol. The minimum absolute atomic E-state index is 0.191. The Morgan fingerprint density at radius 1 is 1.24 bits per heavy atom. The van der Waals surface area contributed by atoms with Gasteiger partial charge in [0.1, 0.15) is 12.1 Å². The fourth-order valence-corrected chi connectivity index (χ4v) is 2.01. The number of methoxy groups -OCH3 is 1. The molecule has 5 heteroatoms. The van der Waals surface area contributed by atoms with Crippen molar-refractivity contribution in [2.45, 2.75) is 38.8 Å². The van der Waals surface area contributed by atoms with Crippen LogP contribution in [0.3, 0.4) is 0 Å². The topological polar surface area (TPSA) is 75.6 Å². The zero-order valence-corrected chi connectivity index (χ0v) is 12.7. The van der Waals surface area contributed by atoms with E-state index < -0.39 is 24.0 Å². The van der Waals surface area contributed by atoms with Crippen molar-refractivity contribution in [3.8, 4) is 0 Å². The predicted octanol–water partition coefficient (Wildman–Crippen LogP) is 1.29. The molecule has 5 nitrogen and oxygen atoms in total. The monoisotopic (exact) mass is 293 g/mol. The number of hydrogen-bond donors (Lipinski definition) is 2. The molecule has 1 aromatic rings. The van der Waals surface area contributed by atoms with Crippen molar-refractivity contribution < 1.29 is 19.4 Å². The molecule has 0 saturated heterocycles. The second-order valence-electron chi connectivity index (χ2n) is 5.42. The lowest BCUT2D eigenvalue weighted by Crippen LogP contribution is -2.47. The summed E-state index contributed by atoms with van der Waals surface area (Å²) in [6, 6.07) is 8.53. The number of amides is 1. The summed E-state index contributed by atoms with van der Waals surface area (Å²) in [5.74, 6) is -0.879. The normalized spacial score (nSPS) is 13.6. The number of aliphatic hydroxyl groups excluding tert-OH is 1. The lowest BCUT2D eigenvalue weighted by molar-refractivity contribution is -0.146. The van der Waals surface area contributed by atoms with Crippen LogP contribution < -0.4 is 5.32 Å². The van der Waals surface area contributed by atoms with Gasteiger partial charge >= 0.3 is 5.97 Å². The third-order valence-corrected chi connectivity index (χ3v) is 3.08. The molecule has 0 fully saturated rings. The fraction of sp³-hybridized carbons (Fsp3) is 0.500. The van der Waals surface area contributed by atoms with Crippen LogP contribution in [0.15, 0.2) is 30.3 Å². The van der Waals surface area contributed by atoms with Crippen molar-refractivity contribution in [1.82, 2.24) is 5.32 Å². The molecule has 0 radical (unpaired) electrons. The highest BCUT2D eigenvalue weighted by Gasteiger charge is 2.25. The maximum atomic E-state index is 11.9. The van der Waals surface area contributed by atoms with Crippen LogP contribution >= 0.6 is 0 Å². The second-order valence-corrected chi connectivity index (χ2v) is 5.42. The molecule has 0 bridgehead atoms. The molecule has 1 amide bonds. The van der Waals surface area contributed by atoms with Gasteiger partial charge in [-0.3, -0.25) is 4.79 Å². The highest BCUT2D eigenvalue weighted by atomic mass is 16.5. The molecule has 0 aliphatic heterocycles. The van der Waals surface area contributed by atoms with Crippen LogP contribution in [0.4, 0.5) is 0 Å². The Labute approximate surface area is 125 Å². The van der Waals surface area contributed by atoms with Gasteiger partial charge in [-0.05, 0) is 17.9 Å². The second kappa shape index (κ2) is 8.42. The van der Waals surface area contributed by atoms with Crippen LogP contribution in [-0.2, 0) is 20.7 Å². The van der Waals surface area contributed by atoms with Crippen molar-refractivity contribution in [3.63, 3.8) is 0 Å². The summed E-state index contributed by atoms with van der Waals surface area (Å²) in [5, 5.41) is 12.4. The smallest absolute Gasteiger partial charge is 0.328 e. The summed E-state index contributed by atoms with van der Waals surface area (Å²) < 4.78 is 4.71. The van der Waals surface area contributed by atoms with Gasteiger partial charge in [0.15, 0.2) is 0 Å². The Morgan fingerprint density at radius 2 is 1.86 bits per heavy atom. The van der Waals surface area contributed by atoms with E-state index in [4.69, 9.17) is 4.74 Å². The van der Waals surface area contributed by atoms with Crippen molar-refractivity contribution in [2.24, 2.45) is 5.92 Å². The van der Waals surface area contributed by atoms with Gasteiger partial charge in [-0.2, -0.15) is 0 Å². The van der Waals surface area contributed by atoms with Crippen LogP contribution in [0.2, 0.25) is 0 Å². The largest absolute Gasteiger partial charge is 0.467 e. The average Bonchev–Trinajstić information content (AvgIpc) is 2.46. The number of ether oxygens (including phenoxy) is 1. The molecule has 0 spiro atoms. The van der Waals surface area contributed by atoms with Crippen LogP contribution in [0.5, 0.6) is 0 Å². The van der Waals surface area contributed by atoms with Gasteiger partial charge in [-0.25, -0.2) is 4.79 Å². The fourth-order valence-electron chi connectivity index (χ4n) is 2.01. The zero-order chi connectivity index (χ0) is 15.8. The Morgan fingerprint density at radius 3 is 2.38 bits per heavy atom. The lowest BCUT2D eigenvalue weighted by atomic mass is 10.0. The number of rotatable bonds is 7. The van der Waals surface area contributed by atoms with E-state index in [2.05, 4.69) is 5.32 Å². The molecule has 0 unspecified atom stereocenters. The van der Waals surface area contributed by atoms with Gasteiger partial charge in [0, 0.05) is 6.42 Å². The van der Waals surface area contributed by atoms with E-state index in [1.807, 2.05) is 44.2 Å². The highest BCUT2D eigenvalue weighted by Crippen LogP contribution is 2.07. The number of esters is 1. The van der Waals surface area contributed by atoms with E-state index in [9.17, 15) is 14.7 Å². The van der Waals surface area contributed by atoms with Crippen LogP contribution in [0, 0.1) is 5.92 Å². The molecule has 1 aromatic carbocycles. The number of carbonyl (C=O) groups excluding carboxylic acids is 2. The number of carbonyl (C=O) groups is 2. The molecule has 1 rings (SSSR count). The minimum Gasteiger partial charge on any atom is -0.467 e. The van der Waals surface area contributed by atoms with Crippen LogP contribution in [0.25, 0.3) is 0 Å². The summed E-state index contributed by atoms with van der Waals surface area (Å²) in [6.07, 6.45) is -0.438. The quantitative estimate of drug-likeness (QED) is 0.743. The molecule has 0 aromatic heterocycles. The first-order chi connectivity index (χ1) is 9.93. The van der Waals surface area contributed by atoms with Crippen molar-refractivity contribution in [3.05, 3.63) is 35.9 Å². The van der Waals surface area contributed by atoms with Gasteiger partial charge in [0.2, 0.25) is 5.91 Å². The van der Waals surface area contributed by atoms with Crippen molar-refractivity contribution in [2.75, 3.05) is 7.11 Å². The van der Waals surface area contributed by atoms with Crippen LogP contribution in [0.1, 0.15) is 25.8 Å². The van der Waals surface area contributed by atoms with E-state index in [0.717, 1.165) is 5.56 Å². The Bertz CT molecular complexity index is 459. The average molecular weight is 293 g/mol. The van der Waals surface area contributed by atoms with Gasteiger partial charge in [-0.1, -0.05) is 44.2 Å². The Hall–Kier alpha value is -1.88. The first kappa shape index (κ1) is 17.2. The number of benzene rings is 1. The number of aliphatic hydroxyl groups is 1. The van der Waals surface area contributed by atoms with E-state index in [1.165, 1.54) is 7.11 Å². The number of nitrogens with one attached hydrogen (secondary N) is 1. The van der Waals surface area contributed by atoms with Gasteiger partial charge in [-0.15, -0.1) is 0 Å². The summed E-state index contributed by atoms with van der Waals surface area (Å²) in [4.78, 5) is 23.7. The molecule has 116 valence electrons. The minimum atomic E-state index is -1.12. The molecule has 2 N–H and O–H groups in total. The van der Waals surface area contributed by atoms with E-state index in [-0.39, 0.29) is 5.92 Å². The lowest BCUT2D eigenvalue weighted by Gasteiger charge is -2.19. The van der Waals surface area contributed by atoms with E-state index >= 15 is 0 Å². The first-order valence-corrected chi connectivity index (χ1v) is 7.04. The Kier molecular flexibility index (Phi) is 6.88. The van der Waals surface area contributed by atoms with E-state index in [0.29, 0.717) is 12.8 Å². The summed E-state index contributed by atoms with van der Waals surface area (Å²) >= 11 is 0. The molecule has 21 heavy (non-hydrogen) atoms. The number of hydrogen-bond acceptors (Lipinski definition) is 4. The van der Waals surface area contributed by atoms with Gasteiger partial charge < -0.3 is 15.2 Å². The third kappa shape index (κ3) is 5.95. The molecular formula is C16H23NO4. The highest BCUT2D eigenvalue weighted by molar-refractivity contribution is 5.86. The Balaban J connectivity index is 2.70. The summed E-state index contributed by atoms with van der Waals surface area (Å²) in [6.45, 7) is 3.83. The predicted molar refractivity (Wildman–Crippen MR) is 79.6 cm³/mol. The van der Waals surface area contributed by atoms with Crippen molar-refractivity contribution in [1.29, 1.82) is 0 Å². The van der Waals surface area contributed by atoms with Crippen LogP contribution in [-0.4, -0.2) is 36.2 Å².